The summed E-state index contributed by atoms with van der Waals surface area (Å²) in [6, 6.07) is 56.1. The molecular formula is C42H26N2S. The van der Waals surface area contributed by atoms with Gasteiger partial charge in [0.05, 0.1) is 11.4 Å². The van der Waals surface area contributed by atoms with E-state index in [-0.39, 0.29) is 0 Å². The lowest BCUT2D eigenvalue weighted by molar-refractivity contribution is 1.19. The molecule has 0 spiro atoms. The molecular weight excluding hydrogens is 565 g/mol. The van der Waals surface area contributed by atoms with Gasteiger partial charge in [-0.05, 0) is 62.0 Å². The molecule has 7 aromatic carbocycles. The number of hydrogen-bond donors (Lipinski definition) is 0. The first-order valence-corrected chi connectivity index (χ1v) is 16.0. The van der Waals surface area contributed by atoms with E-state index >= 15 is 0 Å². The summed E-state index contributed by atoms with van der Waals surface area (Å²) in [6.07, 6.45) is 0. The van der Waals surface area contributed by atoms with Crippen LogP contribution >= 0.6 is 11.3 Å². The molecule has 2 nitrogen and oxygen atoms in total. The molecule has 2 heterocycles. The third-order valence-corrected chi connectivity index (χ3v) is 9.83. The molecule has 0 saturated carbocycles. The van der Waals surface area contributed by atoms with Crippen LogP contribution in [0.4, 0.5) is 0 Å². The standard InChI is InChI=1S/C42H26N2S/c1-2-13-28(14-3-1)37-26-38(33-19-9-10-20-34(33)40-25-30-16-6-11-21-39(30)45-40)44-42(43-37)41-32-18-8-5-15-29(32)24-36-31-17-7-4-12-27(31)22-23-35(36)41/h1-26H. The summed E-state index contributed by atoms with van der Waals surface area (Å²) < 4.78 is 1.28. The van der Waals surface area contributed by atoms with Gasteiger partial charge in [0.25, 0.3) is 0 Å². The van der Waals surface area contributed by atoms with Crippen LogP contribution in [0.5, 0.6) is 0 Å². The molecule has 210 valence electrons. The molecule has 45 heavy (non-hydrogen) atoms. The van der Waals surface area contributed by atoms with Crippen LogP contribution in [-0.2, 0) is 0 Å². The molecule has 0 unspecified atom stereocenters. The summed E-state index contributed by atoms with van der Waals surface area (Å²) in [4.78, 5) is 12.0. The number of aromatic nitrogens is 2. The van der Waals surface area contributed by atoms with Crippen LogP contribution in [0.15, 0.2) is 158 Å². The van der Waals surface area contributed by atoms with Gasteiger partial charge in [-0.2, -0.15) is 0 Å². The Bertz CT molecular complexity index is 2510. The Hall–Kier alpha value is -5.64. The van der Waals surface area contributed by atoms with Gasteiger partial charge in [-0.3, -0.25) is 0 Å². The number of fused-ring (bicyclic) bond motifs is 5. The molecule has 0 bridgehead atoms. The van der Waals surface area contributed by atoms with Crippen LogP contribution in [0.3, 0.4) is 0 Å². The van der Waals surface area contributed by atoms with Gasteiger partial charge in [0, 0.05) is 31.8 Å². The van der Waals surface area contributed by atoms with E-state index in [0.29, 0.717) is 0 Å². The van der Waals surface area contributed by atoms with E-state index in [1.54, 1.807) is 0 Å². The molecule has 0 amide bonds. The van der Waals surface area contributed by atoms with Crippen molar-refractivity contribution in [3.05, 3.63) is 158 Å². The number of rotatable bonds is 4. The van der Waals surface area contributed by atoms with E-state index in [0.717, 1.165) is 44.7 Å². The summed E-state index contributed by atoms with van der Waals surface area (Å²) in [6.45, 7) is 0. The molecule has 0 saturated heterocycles. The summed E-state index contributed by atoms with van der Waals surface area (Å²) in [5, 5.41) is 8.41. The largest absolute Gasteiger partial charge is 0.228 e. The van der Waals surface area contributed by atoms with Crippen molar-refractivity contribution in [3.63, 3.8) is 0 Å². The molecule has 0 N–H and O–H groups in total. The first-order valence-electron chi connectivity index (χ1n) is 15.2. The zero-order valence-corrected chi connectivity index (χ0v) is 25.1. The van der Waals surface area contributed by atoms with Gasteiger partial charge < -0.3 is 0 Å². The van der Waals surface area contributed by atoms with Crippen molar-refractivity contribution in [3.8, 4) is 44.3 Å². The first kappa shape index (κ1) is 25.8. The Labute approximate surface area is 264 Å². The van der Waals surface area contributed by atoms with E-state index in [2.05, 4.69) is 152 Å². The second-order valence-corrected chi connectivity index (χ2v) is 12.5. The number of hydrogen-bond acceptors (Lipinski definition) is 3. The van der Waals surface area contributed by atoms with Crippen LogP contribution in [0.1, 0.15) is 0 Å². The molecule has 0 atom stereocenters. The third-order valence-electron chi connectivity index (χ3n) is 8.68. The van der Waals surface area contributed by atoms with Gasteiger partial charge in [-0.25, -0.2) is 9.97 Å². The van der Waals surface area contributed by atoms with Crippen LogP contribution in [0.2, 0.25) is 0 Å². The summed E-state index contributed by atoms with van der Waals surface area (Å²) in [7, 11) is 0. The summed E-state index contributed by atoms with van der Waals surface area (Å²) >= 11 is 1.82. The Morgan fingerprint density at radius 1 is 0.400 bits per heavy atom. The van der Waals surface area contributed by atoms with Crippen molar-refractivity contribution in [2.45, 2.75) is 0 Å². The Morgan fingerprint density at radius 3 is 1.91 bits per heavy atom. The maximum atomic E-state index is 5.41. The average Bonchev–Trinajstić information content (AvgIpc) is 3.55. The summed E-state index contributed by atoms with van der Waals surface area (Å²) in [5.41, 5.74) is 6.22. The van der Waals surface area contributed by atoms with Crippen LogP contribution < -0.4 is 0 Å². The highest BCUT2D eigenvalue weighted by molar-refractivity contribution is 7.22. The first-order chi connectivity index (χ1) is 22.3. The average molecular weight is 591 g/mol. The molecule has 0 aliphatic heterocycles. The smallest absolute Gasteiger partial charge is 0.161 e. The van der Waals surface area contributed by atoms with Crippen molar-refractivity contribution in [1.82, 2.24) is 9.97 Å². The van der Waals surface area contributed by atoms with Crippen molar-refractivity contribution in [1.29, 1.82) is 0 Å². The zero-order valence-electron chi connectivity index (χ0n) is 24.3. The highest BCUT2D eigenvalue weighted by Crippen LogP contribution is 2.42. The third kappa shape index (κ3) is 4.40. The zero-order chi connectivity index (χ0) is 29.7. The Kier molecular flexibility index (Phi) is 6.03. The molecule has 3 heteroatoms. The Morgan fingerprint density at radius 2 is 1.07 bits per heavy atom. The molecule has 9 rings (SSSR count). The summed E-state index contributed by atoms with van der Waals surface area (Å²) in [5.74, 6) is 0.731. The van der Waals surface area contributed by atoms with Crippen LogP contribution in [0.25, 0.3) is 86.7 Å². The quantitative estimate of drug-likeness (QED) is 0.150. The lowest BCUT2D eigenvalue weighted by Gasteiger charge is -2.16. The van der Waals surface area contributed by atoms with Gasteiger partial charge in [-0.1, -0.05) is 133 Å². The van der Waals surface area contributed by atoms with Crippen molar-refractivity contribution >= 4 is 53.7 Å². The minimum atomic E-state index is 0.731. The topological polar surface area (TPSA) is 25.8 Å². The second kappa shape index (κ2) is 10.5. The van der Waals surface area contributed by atoms with Crippen molar-refractivity contribution in [2.24, 2.45) is 0 Å². The molecule has 0 radical (unpaired) electrons. The van der Waals surface area contributed by atoms with Gasteiger partial charge in [0.1, 0.15) is 0 Å². The van der Waals surface area contributed by atoms with E-state index in [4.69, 9.17) is 9.97 Å². The second-order valence-electron chi connectivity index (χ2n) is 11.4. The predicted octanol–water partition coefficient (Wildman–Crippen LogP) is 11.8. The number of nitrogens with zero attached hydrogens (tertiary/aromatic N) is 2. The minimum Gasteiger partial charge on any atom is -0.228 e. The van der Waals surface area contributed by atoms with Gasteiger partial charge in [-0.15, -0.1) is 11.3 Å². The van der Waals surface area contributed by atoms with Gasteiger partial charge in [0.2, 0.25) is 0 Å². The lowest BCUT2D eigenvalue weighted by atomic mass is 9.92. The van der Waals surface area contributed by atoms with E-state index in [9.17, 15) is 0 Å². The predicted molar refractivity (Wildman–Crippen MR) is 192 cm³/mol. The van der Waals surface area contributed by atoms with Crippen LogP contribution in [0, 0.1) is 0 Å². The van der Waals surface area contributed by atoms with Crippen molar-refractivity contribution < 1.29 is 0 Å². The van der Waals surface area contributed by atoms with Crippen LogP contribution in [-0.4, -0.2) is 9.97 Å². The van der Waals surface area contributed by atoms with Crippen molar-refractivity contribution in [2.75, 3.05) is 0 Å². The lowest BCUT2D eigenvalue weighted by Crippen LogP contribution is -1.98. The minimum absolute atomic E-state index is 0.731. The fourth-order valence-electron chi connectivity index (χ4n) is 6.55. The van der Waals surface area contributed by atoms with E-state index in [1.807, 2.05) is 17.4 Å². The van der Waals surface area contributed by atoms with E-state index in [1.165, 1.54) is 42.1 Å². The molecule has 9 aromatic rings. The number of thiophene rings is 1. The molecule has 0 fully saturated rings. The fourth-order valence-corrected chi connectivity index (χ4v) is 7.65. The molecule has 2 aromatic heterocycles. The fraction of sp³-hybridized carbons (Fsp3) is 0. The van der Waals surface area contributed by atoms with Gasteiger partial charge >= 0.3 is 0 Å². The highest BCUT2D eigenvalue weighted by Gasteiger charge is 2.19. The van der Waals surface area contributed by atoms with Gasteiger partial charge in [0.15, 0.2) is 5.82 Å². The maximum Gasteiger partial charge on any atom is 0.161 e. The maximum absolute atomic E-state index is 5.41. The SMILES string of the molecule is c1ccc(-c2cc(-c3ccccc3-c3cc4ccccc4s3)nc(-c3c4ccccc4cc4c3ccc3ccccc34)n2)cc1. The monoisotopic (exact) mass is 590 g/mol. The highest BCUT2D eigenvalue weighted by atomic mass is 32.1. The normalized spacial score (nSPS) is 11.6. The van der Waals surface area contributed by atoms with E-state index < -0.39 is 0 Å². The Balaban J connectivity index is 1.36. The molecule has 0 aliphatic carbocycles. The molecule has 0 aliphatic rings. The number of benzene rings is 7.